The molecule has 130 valence electrons. The number of benzene rings is 2. The predicted molar refractivity (Wildman–Crippen MR) is 97.7 cm³/mol. The molecule has 0 fully saturated rings. The normalized spacial score (nSPS) is 12.2. The van der Waals surface area contributed by atoms with Crippen LogP contribution in [0.4, 0.5) is 0 Å². The van der Waals surface area contributed by atoms with Crippen LogP contribution in [0.1, 0.15) is 40.6 Å². The lowest BCUT2D eigenvalue weighted by Gasteiger charge is -2.12. The number of amides is 1. The largest absolute Gasteiger partial charge is 0.361 e. The van der Waals surface area contributed by atoms with E-state index in [0.717, 1.165) is 22.0 Å². The van der Waals surface area contributed by atoms with Crippen LogP contribution in [0.25, 0.3) is 10.9 Å². The van der Waals surface area contributed by atoms with Crippen molar-refractivity contribution in [3.05, 3.63) is 83.6 Å². The van der Waals surface area contributed by atoms with E-state index in [2.05, 4.69) is 20.4 Å². The van der Waals surface area contributed by atoms with Gasteiger partial charge in [-0.15, -0.1) is 0 Å². The highest BCUT2D eigenvalue weighted by Gasteiger charge is 2.18. The molecule has 0 aliphatic carbocycles. The molecular formula is C20H18N4O2. The Morgan fingerprint density at radius 2 is 1.92 bits per heavy atom. The smallest absolute Gasteiger partial charge is 0.315 e. The minimum absolute atomic E-state index is 0.0253. The molecule has 1 amide bonds. The van der Waals surface area contributed by atoms with Crippen molar-refractivity contribution in [3.63, 3.8) is 0 Å². The van der Waals surface area contributed by atoms with Gasteiger partial charge in [0.15, 0.2) is 5.82 Å². The fourth-order valence-electron chi connectivity index (χ4n) is 2.95. The highest BCUT2D eigenvalue weighted by atomic mass is 16.5. The first-order valence-corrected chi connectivity index (χ1v) is 8.44. The Morgan fingerprint density at radius 1 is 1.15 bits per heavy atom. The van der Waals surface area contributed by atoms with Crippen molar-refractivity contribution >= 4 is 16.8 Å². The summed E-state index contributed by atoms with van der Waals surface area (Å²) in [7, 11) is 0. The van der Waals surface area contributed by atoms with Crippen LogP contribution in [0.2, 0.25) is 0 Å². The zero-order valence-corrected chi connectivity index (χ0v) is 14.3. The molecule has 4 aromatic rings. The van der Waals surface area contributed by atoms with E-state index in [0.29, 0.717) is 12.2 Å². The van der Waals surface area contributed by atoms with Crippen LogP contribution in [0.15, 0.2) is 65.3 Å². The van der Waals surface area contributed by atoms with Gasteiger partial charge in [-0.25, -0.2) is 0 Å². The van der Waals surface area contributed by atoms with E-state index in [9.17, 15) is 4.79 Å². The summed E-state index contributed by atoms with van der Waals surface area (Å²) >= 11 is 0. The maximum Gasteiger partial charge on any atom is 0.315 e. The van der Waals surface area contributed by atoms with Gasteiger partial charge < -0.3 is 14.8 Å². The number of aromatic amines is 1. The maximum absolute atomic E-state index is 12.3. The van der Waals surface area contributed by atoms with Gasteiger partial charge in [0, 0.05) is 23.5 Å². The first kappa shape index (κ1) is 16.1. The van der Waals surface area contributed by atoms with Gasteiger partial charge in [-0.05, 0) is 24.1 Å². The van der Waals surface area contributed by atoms with Crippen LogP contribution in [0.3, 0.4) is 0 Å². The lowest BCUT2D eigenvalue weighted by Crippen LogP contribution is -2.26. The number of carbonyl (C=O) groups is 1. The van der Waals surface area contributed by atoms with E-state index in [1.807, 2.05) is 67.7 Å². The number of hydrogen-bond acceptors (Lipinski definition) is 4. The number of fused-ring (bicyclic) bond motifs is 1. The molecule has 2 heterocycles. The Hall–Kier alpha value is -3.41. The Bertz CT molecular complexity index is 1040. The Kier molecular flexibility index (Phi) is 4.23. The molecule has 0 unspecified atom stereocenters. The van der Waals surface area contributed by atoms with Crippen molar-refractivity contribution in [2.45, 2.75) is 19.4 Å². The van der Waals surface area contributed by atoms with E-state index in [-0.39, 0.29) is 17.8 Å². The van der Waals surface area contributed by atoms with E-state index < -0.39 is 0 Å². The summed E-state index contributed by atoms with van der Waals surface area (Å²) in [5.41, 5.74) is 3.13. The third kappa shape index (κ3) is 3.21. The van der Waals surface area contributed by atoms with Crippen molar-refractivity contribution in [2.24, 2.45) is 0 Å². The van der Waals surface area contributed by atoms with Crippen LogP contribution in [0, 0.1) is 0 Å². The molecule has 2 aromatic heterocycles. The summed E-state index contributed by atoms with van der Waals surface area (Å²) < 4.78 is 5.14. The number of para-hydroxylation sites is 1. The van der Waals surface area contributed by atoms with Crippen molar-refractivity contribution in [2.75, 3.05) is 0 Å². The van der Waals surface area contributed by atoms with Crippen molar-refractivity contribution in [1.82, 2.24) is 20.4 Å². The van der Waals surface area contributed by atoms with Gasteiger partial charge in [0.1, 0.15) is 0 Å². The lowest BCUT2D eigenvalue weighted by atomic mass is 10.1. The molecular weight excluding hydrogens is 328 g/mol. The van der Waals surface area contributed by atoms with Gasteiger partial charge >= 0.3 is 11.8 Å². The summed E-state index contributed by atoms with van der Waals surface area (Å²) in [5.74, 6) is 0.0777. The number of nitrogens with zero attached hydrogens (tertiary/aromatic N) is 2. The molecule has 0 spiro atoms. The molecule has 2 N–H and O–H groups in total. The molecule has 0 aliphatic rings. The van der Waals surface area contributed by atoms with Crippen LogP contribution >= 0.6 is 0 Å². The molecule has 4 rings (SSSR count). The van der Waals surface area contributed by atoms with Gasteiger partial charge in [0.25, 0.3) is 0 Å². The third-order valence-electron chi connectivity index (χ3n) is 4.33. The van der Waals surface area contributed by atoms with Gasteiger partial charge in [-0.1, -0.05) is 53.7 Å². The van der Waals surface area contributed by atoms with Crippen molar-refractivity contribution in [3.8, 4) is 0 Å². The summed E-state index contributed by atoms with van der Waals surface area (Å²) in [4.78, 5) is 19.8. The quantitative estimate of drug-likeness (QED) is 0.578. The molecule has 0 aliphatic heterocycles. The maximum atomic E-state index is 12.3. The van der Waals surface area contributed by atoms with Gasteiger partial charge in [0.05, 0.1) is 6.04 Å². The van der Waals surface area contributed by atoms with Crippen molar-refractivity contribution < 1.29 is 9.32 Å². The summed E-state index contributed by atoms with van der Waals surface area (Å²) in [6.07, 6.45) is 2.42. The van der Waals surface area contributed by atoms with E-state index in [1.165, 1.54) is 0 Å². The van der Waals surface area contributed by atoms with E-state index in [1.54, 1.807) is 0 Å². The number of H-pyrrole nitrogens is 1. The molecule has 6 nitrogen and oxygen atoms in total. The SMILES string of the molecule is C[C@@H](NC(=O)c1nc(Cc2c[nH]c3ccccc23)no1)c1ccccc1. The molecule has 6 heteroatoms. The van der Waals surface area contributed by atoms with Crippen LogP contribution < -0.4 is 5.32 Å². The molecule has 0 bridgehead atoms. The molecule has 1 atom stereocenters. The molecule has 2 aromatic carbocycles. The monoisotopic (exact) mass is 346 g/mol. The highest BCUT2D eigenvalue weighted by molar-refractivity contribution is 5.89. The molecule has 26 heavy (non-hydrogen) atoms. The summed E-state index contributed by atoms with van der Waals surface area (Å²) in [6, 6.07) is 17.6. The average molecular weight is 346 g/mol. The van der Waals surface area contributed by atoms with Gasteiger partial charge in [-0.3, -0.25) is 4.79 Å². The Balaban J connectivity index is 1.46. The van der Waals surface area contributed by atoms with Crippen LogP contribution in [-0.4, -0.2) is 21.0 Å². The van der Waals surface area contributed by atoms with Crippen LogP contribution in [-0.2, 0) is 6.42 Å². The number of aromatic nitrogens is 3. The minimum atomic E-state index is -0.376. The minimum Gasteiger partial charge on any atom is -0.361 e. The first-order chi connectivity index (χ1) is 12.7. The third-order valence-corrected chi connectivity index (χ3v) is 4.33. The predicted octanol–water partition coefficient (Wildman–Crippen LogP) is 3.63. The Morgan fingerprint density at radius 3 is 2.77 bits per heavy atom. The summed E-state index contributed by atoms with van der Waals surface area (Å²) in [6.45, 7) is 1.91. The molecule has 0 radical (unpaired) electrons. The fraction of sp³-hybridized carbons (Fsp3) is 0.150. The van der Waals surface area contributed by atoms with Crippen LogP contribution in [0.5, 0.6) is 0 Å². The van der Waals surface area contributed by atoms with E-state index >= 15 is 0 Å². The second-order valence-corrected chi connectivity index (χ2v) is 6.16. The molecule has 0 saturated carbocycles. The number of carbonyl (C=O) groups excluding carboxylic acids is 1. The molecule has 0 saturated heterocycles. The first-order valence-electron chi connectivity index (χ1n) is 8.44. The standard InChI is InChI=1S/C20H18N4O2/c1-13(14-7-3-2-4-8-14)22-19(25)20-23-18(24-26-20)11-15-12-21-17-10-6-5-9-16(15)17/h2-10,12-13,21H,11H2,1H3,(H,22,25)/t13-/m1/s1. The van der Waals surface area contributed by atoms with Gasteiger partial charge in [0.2, 0.25) is 0 Å². The Labute approximate surface area is 150 Å². The lowest BCUT2D eigenvalue weighted by molar-refractivity contribution is 0.0895. The second kappa shape index (κ2) is 6.84. The summed E-state index contributed by atoms with van der Waals surface area (Å²) in [5, 5.41) is 7.92. The number of nitrogens with one attached hydrogen (secondary N) is 2. The number of hydrogen-bond donors (Lipinski definition) is 2. The average Bonchev–Trinajstić information content (AvgIpc) is 3.30. The second-order valence-electron chi connectivity index (χ2n) is 6.16. The van der Waals surface area contributed by atoms with Crippen molar-refractivity contribution in [1.29, 1.82) is 0 Å². The number of rotatable bonds is 5. The highest BCUT2D eigenvalue weighted by Crippen LogP contribution is 2.20. The topological polar surface area (TPSA) is 83.8 Å². The zero-order valence-electron chi connectivity index (χ0n) is 14.3. The fourth-order valence-corrected chi connectivity index (χ4v) is 2.95. The van der Waals surface area contributed by atoms with Gasteiger partial charge in [-0.2, -0.15) is 4.98 Å². The zero-order chi connectivity index (χ0) is 17.9. The van der Waals surface area contributed by atoms with E-state index in [4.69, 9.17) is 4.52 Å².